The van der Waals surface area contributed by atoms with Gasteiger partial charge in [0.15, 0.2) is 4.80 Å². The predicted octanol–water partition coefficient (Wildman–Crippen LogP) is 4.84. The number of hydrogen-bond donors (Lipinski definition) is 0. The van der Waals surface area contributed by atoms with Gasteiger partial charge >= 0.3 is 0 Å². The van der Waals surface area contributed by atoms with Gasteiger partial charge in [0, 0.05) is 36.9 Å². The minimum atomic E-state index is -0.277. The summed E-state index contributed by atoms with van der Waals surface area (Å²) in [5, 5.41) is 1.13. The van der Waals surface area contributed by atoms with Crippen LogP contribution in [0.15, 0.2) is 41.4 Å². The lowest BCUT2D eigenvalue weighted by Gasteiger charge is -2.11. The molecule has 3 aromatic rings. The van der Waals surface area contributed by atoms with Gasteiger partial charge in [0.05, 0.1) is 15.2 Å². The van der Waals surface area contributed by atoms with Gasteiger partial charge in [-0.25, -0.2) is 0 Å². The second-order valence-electron chi connectivity index (χ2n) is 5.72. The summed E-state index contributed by atoms with van der Waals surface area (Å²) in [7, 11) is 3.91. The van der Waals surface area contributed by atoms with E-state index in [0.717, 1.165) is 15.9 Å². The van der Waals surface area contributed by atoms with Crippen LogP contribution in [0.25, 0.3) is 10.2 Å². The summed E-state index contributed by atoms with van der Waals surface area (Å²) >= 11 is 13.8. The number of aryl methyl sites for hydroxylation is 1. The Labute approximate surface area is 159 Å². The van der Waals surface area contributed by atoms with Gasteiger partial charge in [-0.15, -0.1) is 0 Å². The van der Waals surface area contributed by atoms with Crippen molar-refractivity contribution in [3.63, 3.8) is 0 Å². The van der Waals surface area contributed by atoms with Gasteiger partial charge in [-0.2, -0.15) is 4.99 Å². The van der Waals surface area contributed by atoms with Crippen molar-refractivity contribution in [3.05, 3.63) is 56.8 Å². The fraction of sp³-hybridized carbons (Fsp3) is 0.222. The number of carbonyl (C=O) groups excluding carboxylic acids is 1. The van der Waals surface area contributed by atoms with Gasteiger partial charge in [0.2, 0.25) is 0 Å². The van der Waals surface area contributed by atoms with Crippen molar-refractivity contribution < 1.29 is 4.79 Å². The normalized spacial score (nSPS) is 12.0. The standard InChI is InChI=1S/C18H17Cl2N3OS/c1-4-23-16-14(20)9-12(19)10-15(16)25-18(23)21-17(24)11-5-7-13(8-6-11)22(2)3/h5-10H,4H2,1-3H3. The van der Waals surface area contributed by atoms with E-state index in [9.17, 15) is 4.79 Å². The van der Waals surface area contributed by atoms with Gasteiger partial charge < -0.3 is 9.47 Å². The Bertz CT molecular complexity index is 1000. The molecule has 0 atom stereocenters. The number of carbonyl (C=O) groups is 1. The molecule has 0 N–H and O–H groups in total. The summed E-state index contributed by atoms with van der Waals surface area (Å²) in [6.07, 6.45) is 0. The molecule has 0 spiro atoms. The lowest BCUT2D eigenvalue weighted by molar-refractivity contribution is 0.0998. The Kier molecular flexibility index (Phi) is 5.18. The van der Waals surface area contributed by atoms with Gasteiger partial charge in [-0.1, -0.05) is 34.5 Å². The number of thiazole rings is 1. The largest absolute Gasteiger partial charge is 0.378 e. The number of rotatable bonds is 3. The number of anilines is 1. The van der Waals surface area contributed by atoms with E-state index in [0.29, 0.717) is 27.0 Å². The van der Waals surface area contributed by atoms with Crippen molar-refractivity contribution in [1.29, 1.82) is 0 Å². The van der Waals surface area contributed by atoms with E-state index in [1.807, 2.05) is 48.7 Å². The molecular weight excluding hydrogens is 377 g/mol. The Hall–Kier alpha value is -1.82. The topological polar surface area (TPSA) is 37.6 Å². The van der Waals surface area contributed by atoms with Crippen LogP contribution in [0.3, 0.4) is 0 Å². The van der Waals surface area contributed by atoms with Crippen molar-refractivity contribution >= 4 is 56.3 Å². The number of benzene rings is 2. The minimum absolute atomic E-state index is 0.277. The third-order valence-electron chi connectivity index (χ3n) is 3.84. The first-order chi connectivity index (χ1) is 11.9. The number of amides is 1. The van der Waals surface area contributed by atoms with E-state index < -0.39 is 0 Å². The molecule has 130 valence electrons. The molecule has 0 radical (unpaired) electrons. The SMILES string of the molecule is CCn1c(=NC(=O)c2ccc(N(C)C)cc2)sc2cc(Cl)cc(Cl)c21. The zero-order valence-corrected chi connectivity index (χ0v) is 16.4. The highest BCUT2D eigenvalue weighted by molar-refractivity contribution is 7.16. The quantitative estimate of drug-likeness (QED) is 0.638. The van der Waals surface area contributed by atoms with Crippen LogP contribution in [0.1, 0.15) is 17.3 Å². The zero-order valence-electron chi connectivity index (χ0n) is 14.1. The van der Waals surface area contributed by atoms with Gasteiger partial charge in [0.1, 0.15) is 0 Å². The number of hydrogen-bond acceptors (Lipinski definition) is 3. The molecule has 0 bridgehead atoms. The summed E-state index contributed by atoms with van der Waals surface area (Å²) in [6.45, 7) is 2.65. The highest BCUT2D eigenvalue weighted by Crippen LogP contribution is 2.29. The van der Waals surface area contributed by atoms with Crippen molar-refractivity contribution in [2.45, 2.75) is 13.5 Å². The van der Waals surface area contributed by atoms with E-state index in [-0.39, 0.29) is 5.91 Å². The average molecular weight is 394 g/mol. The molecule has 3 rings (SSSR count). The van der Waals surface area contributed by atoms with Crippen LogP contribution in [0.4, 0.5) is 5.69 Å². The van der Waals surface area contributed by atoms with Crippen LogP contribution < -0.4 is 9.70 Å². The smallest absolute Gasteiger partial charge is 0.279 e. The van der Waals surface area contributed by atoms with E-state index in [2.05, 4.69) is 4.99 Å². The Morgan fingerprint density at radius 3 is 2.48 bits per heavy atom. The first-order valence-corrected chi connectivity index (χ1v) is 9.32. The van der Waals surface area contributed by atoms with Crippen LogP contribution >= 0.6 is 34.5 Å². The molecule has 0 aliphatic carbocycles. The second-order valence-corrected chi connectivity index (χ2v) is 7.57. The Morgan fingerprint density at radius 2 is 1.88 bits per heavy atom. The molecule has 0 saturated carbocycles. The number of nitrogens with zero attached hydrogens (tertiary/aromatic N) is 3. The Morgan fingerprint density at radius 1 is 1.20 bits per heavy atom. The van der Waals surface area contributed by atoms with E-state index in [1.165, 1.54) is 11.3 Å². The average Bonchev–Trinajstić information content (AvgIpc) is 2.91. The summed E-state index contributed by atoms with van der Waals surface area (Å²) < 4.78 is 2.85. The molecule has 0 fully saturated rings. The predicted molar refractivity (Wildman–Crippen MR) is 106 cm³/mol. The van der Waals surface area contributed by atoms with Crippen LogP contribution in [0.2, 0.25) is 10.0 Å². The van der Waals surface area contributed by atoms with Crippen molar-refractivity contribution in [2.75, 3.05) is 19.0 Å². The van der Waals surface area contributed by atoms with Crippen LogP contribution in [-0.4, -0.2) is 24.6 Å². The first kappa shape index (κ1) is 18.0. The summed E-state index contributed by atoms with van der Waals surface area (Å²) in [5.74, 6) is -0.277. The molecule has 7 heteroatoms. The van der Waals surface area contributed by atoms with Crippen molar-refractivity contribution in [1.82, 2.24) is 4.57 Å². The van der Waals surface area contributed by atoms with Crippen LogP contribution in [0, 0.1) is 0 Å². The summed E-state index contributed by atoms with van der Waals surface area (Å²) in [4.78, 5) is 19.5. The molecule has 0 aliphatic rings. The van der Waals surface area contributed by atoms with E-state index >= 15 is 0 Å². The van der Waals surface area contributed by atoms with Gasteiger partial charge in [-0.05, 0) is 43.3 Å². The lowest BCUT2D eigenvalue weighted by Crippen LogP contribution is -2.16. The molecule has 1 heterocycles. The van der Waals surface area contributed by atoms with Crippen LogP contribution in [-0.2, 0) is 6.54 Å². The molecular formula is C18H17Cl2N3OS. The molecule has 1 aromatic heterocycles. The highest BCUT2D eigenvalue weighted by Gasteiger charge is 2.12. The fourth-order valence-electron chi connectivity index (χ4n) is 2.56. The maximum absolute atomic E-state index is 12.5. The zero-order chi connectivity index (χ0) is 18.1. The van der Waals surface area contributed by atoms with Gasteiger partial charge in [0.25, 0.3) is 5.91 Å². The molecule has 0 aliphatic heterocycles. The first-order valence-electron chi connectivity index (χ1n) is 7.75. The maximum Gasteiger partial charge on any atom is 0.279 e. The molecule has 0 unspecified atom stereocenters. The third kappa shape index (κ3) is 3.59. The van der Waals surface area contributed by atoms with E-state index in [4.69, 9.17) is 23.2 Å². The second kappa shape index (κ2) is 7.20. The molecule has 0 saturated heterocycles. The molecule has 1 amide bonds. The minimum Gasteiger partial charge on any atom is -0.378 e. The Balaban J connectivity index is 2.08. The summed E-state index contributed by atoms with van der Waals surface area (Å²) in [5.41, 5.74) is 2.44. The monoisotopic (exact) mass is 393 g/mol. The highest BCUT2D eigenvalue weighted by atomic mass is 35.5. The lowest BCUT2D eigenvalue weighted by atomic mass is 10.2. The molecule has 2 aromatic carbocycles. The summed E-state index contributed by atoms with van der Waals surface area (Å²) in [6, 6.07) is 10.9. The van der Waals surface area contributed by atoms with Crippen molar-refractivity contribution in [2.24, 2.45) is 4.99 Å². The van der Waals surface area contributed by atoms with E-state index in [1.54, 1.807) is 18.2 Å². The molecule has 4 nitrogen and oxygen atoms in total. The molecule has 25 heavy (non-hydrogen) atoms. The number of aromatic nitrogens is 1. The van der Waals surface area contributed by atoms with Gasteiger partial charge in [-0.3, -0.25) is 4.79 Å². The maximum atomic E-state index is 12.5. The number of halogens is 2. The third-order valence-corrected chi connectivity index (χ3v) is 5.37. The number of fused-ring (bicyclic) bond motifs is 1. The fourth-order valence-corrected chi connectivity index (χ4v) is 4.44. The van der Waals surface area contributed by atoms with Crippen molar-refractivity contribution in [3.8, 4) is 0 Å². The van der Waals surface area contributed by atoms with Crippen LogP contribution in [0.5, 0.6) is 0 Å².